The van der Waals surface area contributed by atoms with Gasteiger partial charge in [-0.15, -0.1) is 0 Å². The maximum Gasteiger partial charge on any atom is 0.251 e. The molecule has 104 valence electrons. The highest BCUT2D eigenvalue weighted by molar-refractivity contribution is 5.94. The van der Waals surface area contributed by atoms with Crippen molar-refractivity contribution in [3.8, 4) is 5.69 Å². The van der Waals surface area contributed by atoms with Crippen molar-refractivity contribution in [3.63, 3.8) is 0 Å². The highest BCUT2D eigenvalue weighted by Crippen LogP contribution is 2.09. The lowest BCUT2D eigenvalue weighted by Gasteiger charge is -2.11. The average molecular weight is 270 g/mol. The zero-order chi connectivity index (χ0) is 13.8. The summed E-state index contributed by atoms with van der Waals surface area (Å²) in [4.78, 5) is 16.0. The Balaban J connectivity index is 1.60. The summed E-state index contributed by atoms with van der Waals surface area (Å²) in [5, 5.41) is 6.34. The molecule has 2 heterocycles. The third kappa shape index (κ3) is 2.88. The molecule has 0 saturated carbocycles. The molecule has 0 aliphatic carbocycles. The number of hydrogen-bond acceptors (Lipinski definition) is 3. The van der Waals surface area contributed by atoms with Crippen LogP contribution in [0.15, 0.2) is 43.0 Å². The number of nitrogens with zero attached hydrogens (tertiary/aromatic N) is 2. The molecule has 3 rings (SSSR count). The van der Waals surface area contributed by atoms with Crippen LogP contribution in [-0.2, 0) is 0 Å². The predicted octanol–water partition coefficient (Wildman–Crippen LogP) is 1.35. The minimum Gasteiger partial charge on any atom is -0.350 e. The summed E-state index contributed by atoms with van der Waals surface area (Å²) in [6.07, 6.45) is 7.68. The van der Waals surface area contributed by atoms with E-state index in [0.29, 0.717) is 18.2 Å². The van der Waals surface area contributed by atoms with Crippen molar-refractivity contribution in [1.29, 1.82) is 0 Å². The molecule has 1 amide bonds. The smallest absolute Gasteiger partial charge is 0.251 e. The van der Waals surface area contributed by atoms with E-state index >= 15 is 0 Å². The van der Waals surface area contributed by atoms with Gasteiger partial charge in [0.15, 0.2) is 0 Å². The fourth-order valence-corrected chi connectivity index (χ4v) is 2.45. The highest BCUT2D eigenvalue weighted by atomic mass is 16.1. The second-order valence-corrected chi connectivity index (χ2v) is 5.02. The molecule has 0 spiro atoms. The number of imidazole rings is 1. The first kappa shape index (κ1) is 12.9. The van der Waals surface area contributed by atoms with Crippen molar-refractivity contribution < 1.29 is 4.79 Å². The Bertz CT molecular complexity index is 556. The van der Waals surface area contributed by atoms with E-state index in [4.69, 9.17) is 0 Å². The van der Waals surface area contributed by atoms with Gasteiger partial charge < -0.3 is 15.2 Å². The van der Waals surface area contributed by atoms with Crippen molar-refractivity contribution in [1.82, 2.24) is 20.2 Å². The van der Waals surface area contributed by atoms with E-state index in [0.717, 1.165) is 18.7 Å². The first-order valence-electron chi connectivity index (χ1n) is 6.93. The van der Waals surface area contributed by atoms with Crippen LogP contribution in [0.2, 0.25) is 0 Å². The molecular weight excluding hydrogens is 252 g/mol. The van der Waals surface area contributed by atoms with Crippen LogP contribution in [0.1, 0.15) is 23.2 Å². The number of carbonyl (C=O) groups excluding carboxylic acids is 1. The number of amides is 1. The fraction of sp³-hybridized carbons (Fsp3) is 0.333. The summed E-state index contributed by atoms with van der Waals surface area (Å²) in [5.74, 6) is -0.0177. The lowest BCUT2D eigenvalue weighted by Crippen LogP contribution is -2.37. The van der Waals surface area contributed by atoms with Crippen molar-refractivity contribution >= 4 is 5.91 Å². The SMILES string of the molecule is O=C(NCC1CCCN1)c1ccc(-n2ccnc2)cc1. The van der Waals surface area contributed by atoms with Crippen LogP contribution in [0, 0.1) is 0 Å². The van der Waals surface area contributed by atoms with E-state index < -0.39 is 0 Å². The summed E-state index contributed by atoms with van der Waals surface area (Å²) in [6, 6.07) is 7.94. The van der Waals surface area contributed by atoms with Gasteiger partial charge in [-0.3, -0.25) is 4.79 Å². The number of nitrogens with one attached hydrogen (secondary N) is 2. The normalized spacial score (nSPS) is 18.1. The molecule has 20 heavy (non-hydrogen) atoms. The van der Waals surface area contributed by atoms with Crippen LogP contribution in [0.4, 0.5) is 0 Å². The second kappa shape index (κ2) is 5.88. The maximum absolute atomic E-state index is 12.0. The third-order valence-electron chi connectivity index (χ3n) is 3.60. The van der Waals surface area contributed by atoms with Crippen LogP contribution in [0.3, 0.4) is 0 Å². The van der Waals surface area contributed by atoms with Gasteiger partial charge >= 0.3 is 0 Å². The Labute approximate surface area is 118 Å². The van der Waals surface area contributed by atoms with Gasteiger partial charge in [0, 0.05) is 36.2 Å². The molecular formula is C15H18N4O. The lowest BCUT2D eigenvalue weighted by atomic mass is 10.1. The molecule has 1 saturated heterocycles. The van der Waals surface area contributed by atoms with Crippen LogP contribution < -0.4 is 10.6 Å². The number of carbonyl (C=O) groups is 1. The van der Waals surface area contributed by atoms with Crippen molar-refractivity contribution in [2.45, 2.75) is 18.9 Å². The summed E-state index contributed by atoms with van der Waals surface area (Å²) in [7, 11) is 0. The molecule has 1 aromatic heterocycles. The molecule has 1 atom stereocenters. The summed E-state index contributed by atoms with van der Waals surface area (Å²) in [6.45, 7) is 1.75. The molecule has 1 aliphatic rings. The first-order chi connectivity index (χ1) is 9.83. The second-order valence-electron chi connectivity index (χ2n) is 5.02. The predicted molar refractivity (Wildman–Crippen MR) is 76.9 cm³/mol. The van der Waals surface area contributed by atoms with E-state index in [9.17, 15) is 4.79 Å². The van der Waals surface area contributed by atoms with Crippen LogP contribution >= 0.6 is 0 Å². The van der Waals surface area contributed by atoms with E-state index in [-0.39, 0.29) is 5.91 Å². The molecule has 1 fully saturated rings. The number of benzene rings is 1. The number of hydrogen-bond donors (Lipinski definition) is 2. The Hall–Kier alpha value is -2.14. The Morgan fingerprint density at radius 2 is 2.25 bits per heavy atom. The zero-order valence-corrected chi connectivity index (χ0v) is 11.2. The van der Waals surface area contributed by atoms with E-state index in [2.05, 4.69) is 15.6 Å². The van der Waals surface area contributed by atoms with Crippen LogP contribution in [0.5, 0.6) is 0 Å². The number of aromatic nitrogens is 2. The Morgan fingerprint density at radius 1 is 1.40 bits per heavy atom. The third-order valence-corrected chi connectivity index (χ3v) is 3.60. The standard InChI is InChI=1S/C15H18N4O/c20-15(18-10-13-2-1-7-17-13)12-3-5-14(6-4-12)19-9-8-16-11-19/h3-6,8-9,11,13,17H,1-2,7,10H2,(H,18,20). The lowest BCUT2D eigenvalue weighted by molar-refractivity contribution is 0.0950. The van der Waals surface area contributed by atoms with Crippen LogP contribution in [0.25, 0.3) is 5.69 Å². The topological polar surface area (TPSA) is 59.0 Å². The molecule has 1 aromatic carbocycles. The van der Waals surface area contributed by atoms with Gasteiger partial charge in [-0.1, -0.05) is 0 Å². The summed E-state index contributed by atoms with van der Waals surface area (Å²) < 4.78 is 1.91. The minimum absolute atomic E-state index is 0.0177. The van der Waals surface area contributed by atoms with E-state index in [1.54, 1.807) is 12.5 Å². The molecule has 1 aliphatic heterocycles. The van der Waals surface area contributed by atoms with Crippen molar-refractivity contribution in [3.05, 3.63) is 48.5 Å². The van der Waals surface area contributed by atoms with Gasteiger partial charge in [0.2, 0.25) is 0 Å². The summed E-state index contributed by atoms with van der Waals surface area (Å²) in [5.41, 5.74) is 1.68. The Morgan fingerprint density at radius 3 is 2.90 bits per heavy atom. The van der Waals surface area contributed by atoms with Gasteiger partial charge in [0.25, 0.3) is 5.91 Å². The molecule has 2 aromatic rings. The van der Waals surface area contributed by atoms with E-state index in [1.807, 2.05) is 35.0 Å². The van der Waals surface area contributed by atoms with Crippen molar-refractivity contribution in [2.75, 3.05) is 13.1 Å². The summed E-state index contributed by atoms with van der Waals surface area (Å²) >= 11 is 0. The van der Waals surface area contributed by atoms with Gasteiger partial charge in [-0.2, -0.15) is 0 Å². The largest absolute Gasteiger partial charge is 0.350 e. The number of rotatable bonds is 4. The molecule has 2 N–H and O–H groups in total. The monoisotopic (exact) mass is 270 g/mol. The average Bonchev–Trinajstić information content (AvgIpc) is 3.18. The van der Waals surface area contributed by atoms with Gasteiger partial charge in [-0.05, 0) is 43.7 Å². The quantitative estimate of drug-likeness (QED) is 0.882. The fourth-order valence-electron chi connectivity index (χ4n) is 2.45. The van der Waals surface area contributed by atoms with E-state index in [1.165, 1.54) is 6.42 Å². The van der Waals surface area contributed by atoms with Gasteiger partial charge in [-0.25, -0.2) is 4.98 Å². The molecule has 0 radical (unpaired) electrons. The van der Waals surface area contributed by atoms with Crippen molar-refractivity contribution in [2.24, 2.45) is 0 Å². The zero-order valence-electron chi connectivity index (χ0n) is 11.2. The van der Waals surface area contributed by atoms with Gasteiger partial charge in [0.1, 0.15) is 0 Å². The first-order valence-corrected chi connectivity index (χ1v) is 6.93. The molecule has 0 bridgehead atoms. The molecule has 5 nitrogen and oxygen atoms in total. The van der Waals surface area contributed by atoms with Crippen LogP contribution in [-0.4, -0.2) is 34.6 Å². The Kier molecular flexibility index (Phi) is 3.78. The minimum atomic E-state index is -0.0177. The molecule has 1 unspecified atom stereocenters. The maximum atomic E-state index is 12.0. The highest BCUT2D eigenvalue weighted by Gasteiger charge is 2.15. The molecule has 5 heteroatoms. The van der Waals surface area contributed by atoms with Gasteiger partial charge in [0.05, 0.1) is 6.33 Å².